The summed E-state index contributed by atoms with van der Waals surface area (Å²) in [6.07, 6.45) is 1.48. The molecule has 0 aliphatic rings. The largest absolute Gasteiger partial charge is 0.350 e. The molecule has 0 saturated heterocycles. The van der Waals surface area contributed by atoms with Gasteiger partial charge in [-0.1, -0.05) is 48.9 Å². The van der Waals surface area contributed by atoms with Gasteiger partial charge in [-0.2, -0.15) is 0 Å². The van der Waals surface area contributed by atoms with E-state index in [-0.39, 0.29) is 12.5 Å². The predicted molar refractivity (Wildman–Crippen MR) is 142 cm³/mol. The number of hydrogen-bond donors (Lipinski definition) is 1. The predicted octanol–water partition coefficient (Wildman–Crippen LogP) is 4.10. The summed E-state index contributed by atoms with van der Waals surface area (Å²) in [5.41, 5.74) is 3.65. The summed E-state index contributed by atoms with van der Waals surface area (Å²) in [5.74, 6) is -0.703. The maximum absolute atomic E-state index is 13.8. The fraction of sp³-hybridized carbons (Fsp3) is 0.481. The molecule has 2 rings (SSSR count). The fourth-order valence-corrected chi connectivity index (χ4v) is 4.76. The SMILES string of the molecule is CC[C@H](C(=O)NC(C)(C)C)N(Cc1ccc(C)cc1)C(=O)CN(c1cccc(C)c1C)S(C)(=O)=O. The van der Waals surface area contributed by atoms with Gasteiger partial charge in [0, 0.05) is 12.1 Å². The fourth-order valence-electron chi connectivity index (χ4n) is 3.86. The molecule has 0 aliphatic carbocycles. The van der Waals surface area contributed by atoms with Crippen molar-refractivity contribution >= 4 is 27.5 Å². The van der Waals surface area contributed by atoms with Crippen molar-refractivity contribution in [1.82, 2.24) is 10.2 Å². The number of sulfonamides is 1. The van der Waals surface area contributed by atoms with Crippen LogP contribution in [0.4, 0.5) is 5.69 Å². The highest BCUT2D eigenvalue weighted by molar-refractivity contribution is 7.92. The van der Waals surface area contributed by atoms with Gasteiger partial charge < -0.3 is 10.2 Å². The van der Waals surface area contributed by atoms with Crippen LogP contribution in [-0.2, 0) is 26.2 Å². The Morgan fingerprint density at radius 3 is 2.11 bits per heavy atom. The lowest BCUT2D eigenvalue weighted by atomic mass is 10.0. The highest BCUT2D eigenvalue weighted by atomic mass is 32.2. The van der Waals surface area contributed by atoms with Gasteiger partial charge in [-0.05, 0) is 70.7 Å². The van der Waals surface area contributed by atoms with Gasteiger partial charge in [0.25, 0.3) is 0 Å². The molecule has 0 heterocycles. The Bertz CT molecular complexity index is 1150. The number of benzene rings is 2. The van der Waals surface area contributed by atoms with Crippen molar-refractivity contribution in [3.63, 3.8) is 0 Å². The molecule has 2 aromatic carbocycles. The molecule has 0 aliphatic heterocycles. The minimum Gasteiger partial charge on any atom is -0.350 e. The van der Waals surface area contributed by atoms with Crippen LogP contribution in [0.1, 0.15) is 56.4 Å². The van der Waals surface area contributed by atoms with Gasteiger partial charge in [-0.15, -0.1) is 0 Å². The first-order valence-electron chi connectivity index (χ1n) is 11.8. The van der Waals surface area contributed by atoms with E-state index in [4.69, 9.17) is 0 Å². The molecular weight excluding hydrogens is 462 g/mol. The second kappa shape index (κ2) is 11.2. The third-order valence-corrected chi connectivity index (χ3v) is 7.01. The van der Waals surface area contributed by atoms with E-state index in [1.54, 1.807) is 12.1 Å². The van der Waals surface area contributed by atoms with Gasteiger partial charge in [-0.3, -0.25) is 13.9 Å². The molecule has 2 aromatic rings. The van der Waals surface area contributed by atoms with Gasteiger partial charge in [0.15, 0.2) is 0 Å². The molecule has 1 atom stereocenters. The van der Waals surface area contributed by atoms with E-state index in [0.717, 1.165) is 32.8 Å². The van der Waals surface area contributed by atoms with E-state index < -0.39 is 34.1 Å². The summed E-state index contributed by atoms with van der Waals surface area (Å²) in [7, 11) is -3.76. The lowest BCUT2D eigenvalue weighted by molar-refractivity contribution is -0.141. The van der Waals surface area contributed by atoms with E-state index in [1.165, 1.54) is 4.90 Å². The van der Waals surface area contributed by atoms with Crippen LogP contribution < -0.4 is 9.62 Å². The van der Waals surface area contributed by atoms with E-state index in [2.05, 4.69) is 5.32 Å². The maximum atomic E-state index is 13.8. The molecule has 1 N–H and O–H groups in total. The molecule has 0 unspecified atom stereocenters. The molecule has 0 bridgehead atoms. The topological polar surface area (TPSA) is 86.8 Å². The van der Waals surface area contributed by atoms with Crippen molar-refractivity contribution in [3.05, 3.63) is 64.7 Å². The summed E-state index contributed by atoms with van der Waals surface area (Å²) in [4.78, 5) is 28.4. The highest BCUT2D eigenvalue weighted by Gasteiger charge is 2.33. The molecule has 35 heavy (non-hydrogen) atoms. The molecule has 0 spiro atoms. The summed E-state index contributed by atoms with van der Waals surface area (Å²) in [5, 5.41) is 2.97. The van der Waals surface area contributed by atoms with Gasteiger partial charge in [-0.25, -0.2) is 8.42 Å². The summed E-state index contributed by atoms with van der Waals surface area (Å²) >= 11 is 0. The number of aryl methyl sites for hydroxylation is 2. The molecule has 192 valence electrons. The van der Waals surface area contributed by atoms with Crippen LogP contribution in [0.15, 0.2) is 42.5 Å². The van der Waals surface area contributed by atoms with E-state index in [9.17, 15) is 18.0 Å². The number of nitrogens with one attached hydrogen (secondary N) is 1. The minimum atomic E-state index is -3.76. The number of carbonyl (C=O) groups excluding carboxylic acids is 2. The number of rotatable bonds is 9. The maximum Gasteiger partial charge on any atom is 0.244 e. The Morgan fingerprint density at radius 2 is 1.60 bits per heavy atom. The lowest BCUT2D eigenvalue weighted by Gasteiger charge is -2.34. The number of anilines is 1. The summed E-state index contributed by atoms with van der Waals surface area (Å²) < 4.78 is 26.7. The normalized spacial score (nSPS) is 12.7. The summed E-state index contributed by atoms with van der Waals surface area (Å²) in [6.45, 7) is 13.0. The van der Waals surface area contributed by atoms with Crippen LogP contribution >= 0.6 is 0 Å². The van der Waals surface area contributed by atoms with E-state index >= 15 is 0 Å². The number of amides is 2. The first-order chi connectivity index (χ1) is 16.1. The first kappa shape index (κ1) is 28.4. The van der Waals surface area contributed by atoms with Crippen LogP contribution in [0.5, 0.6) is 0 Å². The van der Waals surface area contributed by atoms with E-state index in [1.807, 2.05) is 78.8 Å². The Balaban J connectivity index is 2.49. The van der Waals surface area contributed by atoms with E-state index in [0.29, 0.717) is 12.1 Å². The van der Waals surface area contributed by atoms with Crippen LogP contribution in [0.3, 0.4) is 0 Å². The second-order valence-electron chi connectivity index (χ2n) is 10.2. The van der Waals surface area contributed by atoms with Crippen molar-refractivity contribution in [2.45, 2.75) is 73.0 Å². The van der Waals surface area contributed by atoms with Crippen LogP contribution in [0, 0.1) is 20.8 Å². The molecule has 0 fully saturated rings. The van der Waals surface area contributed by atoms with Crippen molar-refractivity contribution in [1.29, 1.82) is 0 Å². The molecule has 7 nitrogen and oxygen atoms in total. The Labute approximate surface area is 210 Å². The molecular formula is C27H39N3O4S. The smallest absolute Gasteiger partial charge is 0.244 e. The Hall–Kier alpha value is -2.87. The second-order valence-corrected chi connectivity index (χ2v) is 12.1. The lowest BCUT2D eigenvalue weighted by Crippen LogP contribution is -2.55. The Morgan fingerprint density at radius 1 is 1.00 bits per heavy atom. The van der Waals surface area contributed by atoms with Crippen molar-refractivity contribution < 1.29 is 18.0 Å². The summed E-state index contributed by atoms with van der Waals surface area (Å²) in [6, 6.07) is 12.4. The van der Waals surface area contributed by atoms with Gasteiger partial charge in [0.1, 0.15) is 12.6 Å². The van der Waals surface area contributed by atoms with Crippen LogP contribution in [0.2, 0.25) is 0 Å². The standard InChI is InChI=1S/C27H39N3O4S/c1-9-23(26(32)28-27(5,6)7)29(17-22-15-13-19(2)14-16-22)25(31)18-30(35(8,33)34)24-12-10-11-20(3)21(24)4/h10-16,23H,9,17-18H2,1-8H3,(H,28,32)/t23-/m1/s1. The zero-order chi connectivity index (χ0) is 26.6. The minimum absolute atomic E-state index is 0.194. The third kappa shape index (κ3) is 7.82. The number of nitrogens with zero attached hydrogens (tertiary/aromatic N) is 2. The zero-order valence-corrected chi connectivity index (χ0v) is 23.0. The van der Waals surface area contributed by atoms with Gasteiger partial charge >= 0.3 is 0 Å². The first-order valence-corrected chi connectivity index (χ1v) is 13.7. The Kier molecular flexibility index (Phi) is 9.11. The number of hydrogen-bond acceptors (Lipinski definition) is 4. The van der Waals surface area contributed by atoms with Crippen LogP contribution in [0.25, 0.3) is 0 Å². The average molecular weight is 502 g/mol. The highest BCUT2D eigenvalue weighted by Crippen LogP contribution is 2.25. The molecule has 8 heteroatoms. The van der Waals surface area contributed by atoms with Crippen molar-refractivity contribution in [2.75, 3.05) is 17.1 Å². The number of carbonyl (C=O) groups is 2. The van der Waals surface area contributed by atoms with Gasteiger partial charge in [0.05, 0.1) is 11.9 Å². The monoisotopic (exact) mass is 501 g/mol. The molecule has 0 radical (unpaired) electrons. The molecule has 0 aromatic heterocycles. The van der Waals surface area contributed by atoms with Gasteiger partial charge in [0.2, 0.25) is 21.8 Å². The molecule has 0 saturated carbocycles. The quantitative estimate of drug-likeness (QED) is 0.560. The average Bonchev–Trinajstić information content (AvgIpc) is 2.73. The van der Waals surface area contributed by atoms with Crippen LogP contribution in [-0.4, -0.2) is 49.5 Å². The third-order valence-electron chi connectivity index (χ3n) is 5.88. The zero-order valence-electron chi connectivity index (χ0n) is 22.2. The van der Waals surface area contributed by atoms with Crippen molar-refractivity contribution in [3.8, 4) is 0 Å². The van der Waals surface area contributed by atoms with Crippen molar-refractivity contribution in [2.24, 2.45) is 0 Å². The molecule has 2 amide bonds.